The highest BCUT2D eigenvalue weighted by molar-refractivity contribution is 7.92. The fraction of sp³-hybridized carbons (Fsp3) is 0. The van der Waals surface area contributed by atoms with E-state index in [2.05, 4.69) is 14.9 Å². The second kappa shape index (κ2) is 5.94. The Morgan fingerprint density at radius 1 is 1.04 bits per heavy atom. The molecule has 0 bridgehead atoms. The number of H-pyrrole nitrogens is 1. The first-order chi connectivity index (χ1) is 11.1. The van der Waals surface area contributed by atoms with Crippen molar-refractivity contribution >= 4 is 15.8 Å². The third kappa shape index (κ3) is 3.22. The maximum Gasteiger partial charge on any atom is 0.263 e. The summed E-state index contributed by atoms with van der Waals surface area (Å²) >= 11 is 0. The lowest BCUT2D eigenvalue weighted by atomic mass is 10.2. The number of hydrogen-bond donors (Lipinski definition) is 2. The molecular weight excluding hydrogens is 312 g/mol. The van der Waals surface area contributed by atoms with Gasteiger partial charge in [0.25, 0.3) is 10.0 Å². The molecule has 3 aromatic rings. The number of nitrogens with one attached hydrogen (secondary N) is 2. The van der Waals surface area contributed by atoms with Gasteiger partial charge in [0.1, 0.15) is 0 Å². The van der Waals surface area contributed by atoms with Crippen molar-refractivity contribution in [2.75, 3.05) is 4.72 Å². The van der Waals surface area contributed by atoms with E-state index < -0.39 is 10.0 Å². The molecule has 0 aliphatic carbocycles. The van der Waals surface area contributed by atoms with Crippen LogP contribution in [0.2, 0.25) is 0 Å². The Morgan fingerprint density at radius 3 is 2.57 bits per heavy atom. The standard InChI is InChI=1S/C16H12N4O2S/c17-11-12-5-4-8-14(9-12)23(21,22)20-16-10-15(18-19-16)13-6-2-1-3-7-13/h1-10H,(H2,18,19,20). The molecule has 0 unspecified atom stereocenters. The lowest BCUT2D eigenvalue weighted by Crippen LogP contribution is -2.13. The zero-order valence-corrected chi connectivity index (χ0v) is 12.7. The van der Waals surface area contributed by atoms with Gasteiger partial charge in [-0.3, -0.25) is 9.82 Å². The van der Waals surface area contributed by atoms with Gasteiger partial charge in [0.15, 0.2) is 5.82 Å². The summed E-state index contributed by atoms with van der Waals surface area (Å²) < 4.78 is 27.1. The van der Waals surface area contributed by atoms with E-state index in [4.69, 9.17) is 5.26 Å². The molecule has 0 saturated heterocycles. The molecule has 1 heterocycles. The summed E-state index contributed by atoms with van der Waals surface area (Å²) in [7, 11) is -3.80. The summed E-state index contributed by atoms with van der Waals surface area (Å²) in [6, 6.07) is 18.8. The van der Waals surface area contributed by atoms with Crippen LogP contribution in [0.15, 0.2) is 65.6 Å². The van der Waals surface area contributed by atoms with Crippen LogP contribution in [-0.2, 0) is 10.0 Å². The zero-order chi connectivity index (χ0) is 16.3. The van der Waals surface area contributed by atoms with Crippen molar-refractivity contribution in [3.05, 3.63) is 66.2 Å². The Hall–Kier alpha value is -3.11. The van der Waals surface area contributed by atoms with Crippen LogP contribution in [0, 0.1) is 11.3 Å². The Bertz CT molecular complexity index is 973. The number of benzene rings is 2. The van der Waals surface area contributed by atoms with E-state index in [9.17, 15) is 8.42 Å². The van der Waals surface area contributed by atoms with E-state index in [1.807, 2.05) is 36.4 Å². The fourth-order valence-electron chi connectivity index (χ4n) is 2.07. The third-order valence-electron chi connectivity index (χ3n) is 3.18. The van der Waals surface area contributed by atoms with Crippen LogP contribution in [0.4, 0.5) is 5.82 Å². The molecule has 3 rings (SSSR count). The lowest BCUT2D eigenvalue weighted by molar-refractivity contribution is 0.601. The topological polar surface area (TPSA) is 98.6 Å². The lowest BCUT2D eigenvalue weighted by Gasteiger charge is -2.05. The summed E-state index contributed by atoms with van der Waals surface area (Å²) in [6.07, 6.45) is 0. The smallest absolute Gasteiger partial charge is 0.263 e. The van der Waals surface area contributed by atoms with Crippen molar-refractivity contribution in [1.82, 2.24) is 10.2 Å². The van der Waals surface area contributed by atoms with Crippen molar-refractivity contribution < 1.29 is 8.42 Å². The number of aromatic nitrogens is 2. The van der Waals surface area contributed by atoms with E-state index in [0.29, 0.717) is 5.69 Å². The molecule has 0 radical (unpaired) electrons. The largest absolute Gasteiger partial charge is 0.276 e. The summed E-state index contributed by atoms with van der Waals surface area (Å²) in [5.41, 5.74) is 1.88. The first-order valence-electron chi connectivity index (χ1n) is 6.72. The summed E-state index contributed by atoms with van der Waals surface area (Å²) in [6.45, 7) is 0. The highest BCUT2D eigenvalue weighted by Crippen LogP contribution is 2.21. The van der Waals surface area contributed by atoms with Crippen LogP contribution < -0.4 is 4.72 Å². The maximum atomic E-state index is 12.3. The molecule has 0 aliphatic rings. The van der Waals surface area contributed by atoms with Crippen LogP contribution in [0.5, 0.6) is 0 Å². The molecule has 0 fully saturated rings. The molecule has 2 aromatic carbocycles. The quantitative estimate of drug-likeness (QED) is 0.771. The van der Waals surface area contributed by atoms with Crippen LogP contribution in [0.25, 0.3) is 11.3 Å². The average Bonchev–Trinajstić information content (AvgIpc) is 3.03. The average molecular weight is 324 g/mol. The van der Waals surface area contributed by atoms with Gasteiger partial charge in [0.05, 0.1) is 22.2 Å². The predicted molar refractivity (Wildman–Crippen MR) is 86.0 cm³/mol. The highest BCUT2D eigenvalue weighted by Gasteiger charge is 2.16. The van der Waals surface area contributed by atoms with Crippen LogP contribution in [0.1, 0.15) is 5.56 Å². The molecule has 114 valence electrons. The number of nitrogens with zero attached hydrogens (tertiary/aromatic N) is 2. The molecule has 7 heteroatoms. The van der Waals surface area contributed by atoms with Gasteiger partial charge in [-0.1, -0.05) is 36.4 Å². The molecule has 0 spiro atoms. The first-order valence-corrected chi connectivity index (χ1v) is 8.20. The third-order valence-corrected chi connectivity index (χ3v) is 4.53. The van der Waals surface area contributed by atoms with Crippen molar-refractivity contribution in [2.24, 2.45) is 0 Å². The van der Waals surface area contributed by atoms with E-state index in [1.54, 1.807) is 12.1 Å². The van der Waals surface area contributed by atoms with Crippen molar-refractivity contribution in [3.63, 3.8) is 0 Å². The number of rotatable bonds is 4. The van der Waals surface area contributed by atoms with Crippen molar-refractivity contribution in [2.45, 2.75) is 4.90 Å². The molecule has 0 saturated carbocycles. The number of hydrogen-bond acceptors (Lipinski definition) is 4. The molecule has 23 heavy (non-hydrogen) atoms. The van der Waals surface area contributed by atoms with Crippen molar-refractivity contribution in [3.8, 4) is 17.3 Å². The van der Waals surface area contributed by atoms with Gasteiger partial charge >= 0.3 is 0 Å². The summed E-state index contributed by atoms with van der Waals surface area (Å²) in [5, 5.41) is 15.6. The van der Waals surface area contributed by atoms with Gasteiger partial charge in [-0.05, 0) is 23.8 Å². The molecule has 0 aliphatic heterocycles. The predicted octanol–water partition coefficient (Wildman–Crippen LogP) is 2.75. The minimum Gasteiger partial charge on any atom is -0.276 e. The maximum absolute atomic E-state index is 12.3. The highest BCUT2D eigenvalue weighted by atomic mass is 32.2. The van der Waals surface area contributed by atoms with Gasteiger partial charge in [0, 0.05) is 6.07 Å². The number of aromatic amines is 1. The Balaban J connectivity index is 1.87. The fourth-order valence-corrected chi connectivity index (χ4v) is 3.11. The van der Waals surface area contributed by atoms with Crippen LogP contribution >= 0.6 is 0 Å². The summed E-state index contributed by atoms with van der Waals surface area (Å²) in [4.78, 5) is 0.0146. The molecule has 0 atom stereocenters. The van der Waals surface area contributed by atoms with Gasteiger partial charge < -0.3 is 0 Å². The second-order valence-corrected chi connectivity index (χ2v) is 6.46. The number of anilines is 1. The van der Waals surface area contributed by atoms with E-state index >= 15 is 0 Å². The molecule has 2 N–H and O–H groups in total. The van der Waals surface area contributed by atoms with Gasteiger partial charge in [0.2, 0.25) is 0 Å². The van der Waals surface area contributed by atoms with Gasteiger partial charge in [-0.25, -0.2) is 8.42 Å². The second-order valence-electron chi connectivity index (χ2n) is 4.78. The Morgan fingerprint density at radius 2 is 1.83 bits per heavy atom. The monoisotopic (exact) mass is 324 g/mol. The number of nitriles is 1. The zero-order valence-electron chi connectivity index (χ0n) is 11.9. The van der Waals surface area contributed by atoms with E-state index in [0.717, 1.165) is 5.56 Å². The Kier molecular flexibility index (Phi) is 3.83. The minimum atomic E-state index is -3.80. The number of sulfonamides is 1. The van der Waals surface area contributed by atoms with Gasteiger partial charge in [-0.15, -0.1) is 0 Å². The van der Waals surface area contributed by atoms with E-state index in [-0.39, 0.29) is 16.3 Å². The molecular formula is C16H12N4O2S. The minimum absolute atomic E-state index is 0.0146. The van der Waals surface area contributed by atoms with Crippen molar-refractivity contribution in [1.29, 1.82) is 5.26 Å². The van der Waals surface area contributed by atoms with Crippen LogP contribution in [-0.4, -0.2) is 18.6 Å². The van der Waals surface area contributed by atoms with Gasteiger partial charge in [-0.2, -0.15) is 10.4 Å². The normalized spacial score (nSPS) is 10.9. The SMILES string of the molecule is N#Cc1cccc(S(=O)(=O)Nc2cc(-c3ccccc3)[nH]n2)c1. The molecule has 6 nitrogen and oxygen atoms in total. The van der Waals surface area contributed by atoms with Crippen LogP contribution in [0.3, 0.4) is 0 Å². The molecule has 1 aromatic heterocycles. The Labute approximate surface area is 133 Å². The summed E-state index contributed by atoms with van der Waals surface area (Å²) in [5.74, 6) is 0.186. The first kappa shape index (κ1) is 14.8. The van der Waals surface area contributed by atoms with E-state index in [1.165, 1.54) is 18.2 Å². The molecule has 0 amide bonds.